The maximum absolute atomic E-state index is 12.2. The van der Waals surface area contributed by atoms with E-state index in [0.717, 1.165) is 5.56 Å². The van der Waals surface area contributed by atoms with Crippen LogP contribution in [0.2, 0.25) is 5.02 Å². The molecule has 0 fully saturated rings. The number of nitrogens with one attached hydrogen (secondary N) is 1. The molecule has 0 atom stereocenters. The number of likely N-dealkylation sites (N-methyl/N-ethyl adjacent to an activating group) is 1. The summed E-state index contributed by atoms with van der Waals surface area (Å²) < 4.78 is 0. The molecule has 0 aliphatic carbocycles. The van der Waals surface area contributed by atoms with E-state index in [-0.39, 0.29) is 18.1 Å². The first-order valence-electron chi connectivity index (χ1n) is 7.34. The average molecular weight is 348 g/mol. The largest absolute Gasteiger partial charge is 0.324 e. The quantitative estimate of drug-likeness (QED) is 0.639. The molecule has 0 bridgehead atoms. The van der Waals surface area contributed by atoms with Gasteiger partial charge in [-0.25, -0.2) is 0 Å². The van der Waals surface area contributed by atoms with Gasteiger partial charge in [-0.1, -0.05) is 35.9 Å². The molecule has 6 nitrogen and oxygen atoms in total. The van der Waals surface area contributed by atoms with Crippen molar-refractivity contribution in [1.29, 1.82) is 0 Å². The minimum absolute atomic E-state index is 0.0165. The molecule has 24 heavy (non-hydrogen) atoms. The van der Waals surface area contributed by atoms with E-state index in [1.807, 2.05) is 30.1 Å². The molecule has 1 amide bonds. The number of hydrogen-bond acceptors (Lipinski definition) is 4. The van der Waals surface area contributed by atoms with E-state index in [1.54, 1.807) is 25.1 Å². The second-order valence-electron chi connectivity index (χ2n) is 5.52. The summed E-state index contributed by atoms with van der Waals surface area (Å²) in [4.78, 5) is 24.5. The number of nitro groups is 1. The molecule has 2 rings (SSSR count). The van der Waals surface area contributed by atoms with Gasteiger partial charge in [-0.15, -0.1) is 0 Å². The number of halogens is 1. The highest BCUT2D eigenvalue weighted by Gasteiger charge is 2.15. The van der Waals surface area contributed by atoms with Crippen LogP contribution in [0.4, 0.5) is 11.4 Å². The lowest BCUT2D eigenvalue weighted by Crippen LogP contribution is -2.30. The Morgan fingerprint density at radius 1 is 1.25 bits per heavy atom. The van der Waals surface area contributed by atoms with Crippen molar-refractivity contribution in [3.8, 4) is 0 Å². The van der Waals surface area contributed by atoms with Crippen molar-refractivity contribution >= 4 is 28.9 Å². The van der Waals surface area contributed by atoms with E-state index in [1.165, 1.54) is 6.07 Å². The summed E-state index contributed by atoms with van der Waals surface area (Å²) in [6.45, 7) is 2.29. The lowest BCUT2D eigenvalue weighted by atomic mass is 10.1. The molecule has 0 aromatic heterocycles. The number of hydrogen-bond donors (Lipinski definition) is 1. The first-order chi connectivity index (χ1) is 11.4. The second kappa shape index (κ2) is 7.90. The first kappa shape index (κ1) is 17.9. The lowest BCUT2D eigenvalue weighted by Gasteiger charge is -2.17. The fraction of sp³-hybridized carbons (Fsp3) is 0.235. The number of nitrogens with zero attached hydrogens (tertiary/aromatic N) is 2. The Labute approximate surface area is 145 Å². The van der Waals surface area contributed by atoms with Crippen LogP contribution in [0.25, 0.3) is 0 Å². The second-order valence-corrected chi connectivity index (χ2v) is 5.93. The van der Waals surface area contributed by atoms with Gasteiger partial charge in [-0.3, -0.25) is 19.8 Å². The third-order valence-corrected chi connectivity index (χ3v) is 3.96. The van der Waals surface area contributed by atoms with Crippen LogP contribution >= 0.6 is 11.6 Å². The fourth-order valence-electron chi connectivity index (χ4n) is 2.36. The van der Waals surface area contributed by atoms with Crippen LogP contribution < -0.4 is 5.32 Å². The van der Waals surface area contributed by atoms with Gasteiger partial charge in [-0.2, -0.15) is 0 Å². The number of carbonyl (C=O) groups excluding carboxylic acids is 1. The summed E-state index contributed by atoms with van der Waals surface area (Å²) in [5.74, 6) is -0.242. The van der Waals surface area contributed by atoms with Crippen LogP contribution in [0, 0.1) is 17.0 Å². The topological polar surface area (TPSA) is 75.5 Å². The summed E-state index contributed by atoms with van der Waals surface area (Å²) in [7, 11) is 1.81. The Balaban J connectivity index is 2.00. The third-order valence-electron chi connectivity index (χ3n) is 3.59. The Bertz CT molecular complexity index is 764. The maximum atomic E-state index is 12.2. The number of anilines is 1. The number of carbonyl (C=O) groups is 1. The smallest absolute Gasteiger partial charge is 0.274 e. The average Bonchev–Trinajstić information content (AvgIpc) is 2.51. The summed E-state index contributed by atoms with van der Waals surface area (Å²) in [5, 5.41) is 14.3. The fourth-order valence-corrected chi connectivity index (χ4v) is 2.56. The molecule has 0 heterocycles. The van der Waals surface area contributed by atoms with Crippen molar-refractivity contribution in [1.82, 2.24) is 4.90 Å². The maximum Gasteiger partial charge on any atom is 0.274 e. The van der Waals surface area contributed by atoms with E-state index in [2.05, 4.69) is 5.32 Å². The van der Waals surface area contributed by atoms with Gasteiger partial charge in [0.05, 0.1) is 22.7 Å². The Morgan fingerprint density at radius 2 is 1.96 bits per heavy atom. The molecule has 1 N–H and O–H groups in total. The first-order valence-corrected chi connectivity index (χ1v) is 7.72. The van der Waals surface area contributed by atoms with Crippen molar-refractivity contribution in [2.24, 2.45) is 0 Å². The zero-order valence-electron chi connectivity index (χ0n) is 13.5. The number of benzene rings is 2. The summed E-state index contributed by atoms with van der Waals surface area (Å²) >= 11 is 6.11. The van der Waals surface area contributed by atoms with E-state index < -0.39 is 4.92 Å². The third kappa shape index (κ3) is 4.53. The standard InChI is InChI=1S/C17H18ClN3O3/c1-12-15(8-5-9-16(12)21(23)24)19-17(22)11-20(2)10-13-6-3-4-7-14(13)18/h3-9H,10-11H2,1-2H3,(H,19,22). The van der Waals surface area contributed by atoms with Crippen LogP contribution in [-0.4, -0.2) is 29.3 Å². The number of rotatable bonds is 6. The van der Waals surface area contributed by atoms with Crippen LogP contribution in [0.15, 0.2) is 42.5 Å². The van der Waals surface area contributed by atoms with E-state index in [4.69, 9.17) is 11.6 Å². The van der Waals surface area contributed by atoms with Crippen LogP contribution in [0.3, 0.4) is 0 Å². The van der Waals surface area contributed by atoms with Crippen molar-refractivity contribution in [3.63, 3.8) is 0 Å². The van der Waals surface area contributed by atoms with Gasteiger partial charge in [0.15, 0.2) is 0 Å². The SMILES string of the molecule is Cc1c(NC(=O)CN(C)Cc2ccccc2Cl)cccc1[N+](=O)[O-]. The Morgan fingerprint density at radius 3 is 2.62 bits per heavy atom. The zero-order chi connectivity index (χ0) is 17.7. The van der Waals surface area contributed by atoms with E-state index in [9.17, 15) is 14.9 Å². The molecule has 0 aliphatic rings. The minimum atomic E-state index is -0.464. The zero-order valence-corrected chi connectivity index (χ0v) is 14.2. The molecular weight excluding hydrogens is 330 g/mol. The lowest BCUT2D eigenvalue weighted by molar-refractivity contribution is -0.385. The van der Waals surface area contributed by atoms with Gasteiger partial charge in [0, 0.05) is 17.6 Å². The van der Waals surface area contributed by atoms with Crippen LogP contribution in [0.5, 0.6) is 0 Å². The highest BCUT2D eigenvalue weighted by molar-refractivity contribution is 6.31. The van der Waals surface area contributed by atoms with E-state index >= 15 is 0 Å². The van der Waals surface area contributed by atoms with Gasteiger partial charge in [-0.05, 0) is 31.7 Å². The van der Waals surface area contributed by atoms with E-state index in [0.29, 0.717) is 22.8 Å². The normalized spacial score (nSPS) is 10.7. The molecule has 7 heteroatoms. The molecule has 0 unspecified atom stereocenters. The molecule has 0 radical (unpaired) electrons. The predicted molar refractivity (Wildman–Crippen MR) is 94.2 cm³/mol. The molecule has 2 aromatic rings. The van der Waals surface area contributed by atoms with Gasteiger partial charge < -0.3 is 5.32 Å². The number of nitro benzene ring substituents is 1. The molecule has 0 saturated carbocycles. The van der Waals surface area contributed by atoms with Crippen LogP contribution in [0.1, 0.15) is 11.1 Å². The predicted octanol–water partition coefficient (Wildman–Crippen LogP) is 3.63. The Hall–Kier alpha value is -2.44. The highest BCUT2D eigenvalue weighted by atomic mass is 35.5. The van der Waals surface area contributed by atoms with Crippen molar-refractivity contribution in [2.45, 2.75) is 13.5 Å². The van der Waals surface area contributed by atoms with Crippen molar-refractivity contribution in [2.75, 3.05) is 18.9 Å². The van der Waals surface area contributed by atoms with Crippen molar-refractivity contribution in [3.05, 3.63) is 68.7 Å². The van der Waals surface area contributed by atoms with Gasteiger partial charge in [0.2, 0.25) is 5.91 Å². The summed E-state index contributed by atoms with van der Waals surface area (Å²) in [5.41, 5.74) is 1.79. The highest BCUT2D eigenvalue weighted by Crippen LogP contribution is 2.25. The van der Waals surface area contributed by atoms with Crippen molar-refractivity contribution < 1.29 is 9.72 Å². The minimum Gasteiger partial charge on any atom is -0.324 e. The molecule has 0 saturated heterocycles. The monoisotopic (exact) mass is 347 g/mol. The Kier molecular flexibility index (Phi) is 5.89. The molecule has 0 aliphatic heterocycles. The molecule has 126 valence electrons. The number of amides is 1. The molecule has 2 aromatic carbocycles. The summed E-state index contributed by atoms with van der Waals surface area (Å²) in [6.07, 6.45) is 0. The van der Waals surface area contributed by atoms with Gasteiger partial charge in [0.25, 0.3) is 5.69 Å². The summed E-state index contributed by atoms with van der Waals surface area (Å²) in [6, 6.07) is 12.1. The molecular formula is C17H18ClN3O3. The van der Waals surface area contributed by atoms with Gasteiger partial charge >= 0.3 is 0 Å². The van der Waals surface area contributed by atoms with Crippen LogP contribution in [-0.2, 0) is 11.3 Å². The molecule has 0 spiro atoms. The van der Waals surface area contributed by atoms with Gasteiger partial charge in [0.1, 0.15) is 0 Å².